The summed E-state index contributed by atoms with van der Waals surface area (Å²) in [5.41, 5.74) is 1.24. The average Bonchev–Trinajstić information content (AvgIpc) is 2.64. The van der Waals surface area contributed by atoms with Gasteiger partial charge in [-0.3, -0.25) is 9.80 Å². The van der Waals surface area contributed by atoms with Crippen LogP contribution in [0.15, 0.2) is 18.2 Å². The molecule has 0 unspecified atom stereocenters. The first-order chi connectivity index (χ1) is 12.7. The van der Waals surface area contributed by atoms with Gasteiger partial charge in [0, 0.05) is 39.3 Å². The van der Waals surface area contributed by atoms with E-state index in [0.29, 0.717) is 12.3 Å². The maximum absolute atomic E-state index is 10.3. The molecule has 2 aliphatic rings. The number of aliphatic hydroxyl groups excluding tert-OH is 1. The van der Waals surface area contributed by atoms with Crippen molar-refractivity contribution in [3.63, 3.8) is 0 Å². The minimum absolute atomic E-state index is 0.288. The Labute approximate surface area is 157 Å². The minimum Gasteiger partial charge on any atom is -0.493 e. The Kier molecular flexibility index (Phi) is 7.14. The minimum atomic E-state index is -0.492. The Morgan fingerprint density at radius 2 is 1.73 bits per heavy atom. The lowest BCUT2D eigenvalue weighted by Crippen LogP contribution is -2.49. The quantitative estimate of drug-likeness (QED) is 0.713. The molecule has 0 bridgehead atoms. The molecule has 2 heterocycles. The standard InChI is InChI=1S/C20H33N3O3/c1-3-21-9-11-23(12-10-21)15-18(24)16-26-19-6-5-17(13-20(19)25-2)14-22-7-4-8-22/h5-6,13,18,24H,3-4,7-12,14-16H2,1-2H3/t18-/m0/s1. The first kappa shape index (κ1) is 19.4. The normalized spacial score (nSPS) is 20.6. The van der Waals surface area contributed by atoms with Gasteiger partial charge in [0.2, 0.25) is 0 Å². The van der Waals surface area contributed by atoms with Crippen molar-refractivity contribution in [2.24, 2.45) is 0 Å². The first-order valence-electron chi connectivity index (χ1n) is 9.82. The predicted octanol–water partition coefficient (Wildman–Crippen LogP) is 1.28. The highest BCUT2D eigenvalue weighted by Crippen LogP contribution is 2.29. The van der Waals surface area contributed by atoms with E-state index >= 15 is 0 Å². The van der Waals surface area contributed by atoms with Crippen LogP contribution in [0.3, 0.4) is 0 Å². The molecule has 0 radical (unpaired) electrons. The fourth-order valence-corrected chi connectivity index (χ4v) is 3.55. The third-order valence-electron chi connectivity index (χ3n) is 5.40. The molecule has 2 aliphatic heterocycles. The summed E-state index contributed by atoms with van der Waals surface area (Å²) in [5.74, 6) is 1.45. The monoisotopic (exact) mass is 363 g/mol. The Hall–Kier alpha value is -1.34. The van der Waals surface area contributed by atoms with Crippen molar-refractivity contribution < 1.29 is 14.6 Å². The number of hydrogen-bond acceptors (Lipinski definition) is 6. The molecule has 1 N–H and O–H groups in total. The molecule has 3 rings (SSSR count). The number of rotatable bonds is 9. The number of aliphatic hydroxyl groups is 1. The third-order valence-corrected chi connectivity index (χ3v) is 5.40. The van der Waals surface area contributed by atoms with Crippen LogP contribution in [0, 0.1) is 0 Å². The van der Waals surface area contributed by atoms with Crippen LogP contribution in [-0.4, -0.2) is 92.0 Å². The van der Waals surface area contributed by atoms with Crippen molar-refractivity contribution >= 4 is 0 Å². The highest BCUT2D eigenvalue weighted by molar-refractivity contribution is 5.43. The smallest absolute Gasteiger partial charge is 0.161 e. The van der Waals surface area contributed by atoms with Gasteiger partial charge in [-0.05, 0) is 43.8 Å². The van der Waals surface area contributed by atoms with Gasteiger partial charge in [0.25, 0.3) is 0 Å². The summed E-state index contributed by atoms with van der Waals surface area (Å²) >= 11 is 0. The zero-order valence-electron chi connectivity index (χ0n) is 16.2. The number of hydrogen-bond donors (Lipinski definition) is 1. The van der Waals surface area contributed by atoms with E-state index in [4.69, 9.17) is 9.47 Å². The van der Waals surface area contributed by atoms with Crippen molar-refractivity contribution in [2.75, 3.05) is 66.1 Å². The fourth-order valence-electron chi connectivity index (χ4n) is 3.55. The SMILES string of the molecule is CCN1CCN(C[C@H](O)COc2ccc(CN3CCC3)cc2OC)CC1. The zero-order chi connectivity index (χ0) is 18.4. The van der Waals surface area contributed by atoms with Crippen molar-refractivity contribution in [3.8, 4) is 11.5 Å². The van der Waals surface area contributed by atoms with Crippen molar-refractivity contribution in [3.05, 3.63) is 23.8 Å². The topological polar surface area (TPSA) is 48.4 Å². The number of ether oxygens (including phenoxy) is 2. The van der Waals surface area contributed by atoms with E-state index in [1.165, 1.54) is 25.1 Å². The highest BCUT2D eigenvalue weighted by Gasteiger charge is 2.19. The second-order valence-corrected chi connectivity index (χ2v) is 7.31. The number of likely N-dealkylation sites (N-methyl/N-ethyl adjacent to an activating group) is 1. The van der Waals surface area contributed by atoms with Gasteiger partial charge in [-0.15, -0.1) is 0 Å². The van der Waals surface area contributed by atoms with E-state index in [0.717, 1.165) is 45.0 Å². The molecule has 0 spiro atoms. The lowest BCUT2D eigenvalue weighted by molar-refractivity contribution is 0.0464. The highest BCUT2D eigenvalue weighted by atomic mass is 16.5. The van der Waals surface area contributed by atoms with Crippen LogP contribution >= 0.6 is 0 Å². The summed E-state index contributed by atoms with van der Waals surface area (Å²) in [4.78, 5) is 7.16. The largest absolute Gasteiger partial charge is 0.493 e. The van der Waals surface area contributed by atoms with Crippen LogP contribution in [0.2, 0.25) is 0 Å². The molecule has 0 aliphatic carbocycles. The molecule has 1 atom stereocenters. The first-order valence-corrected chi connectivity index (χ1v) is 9.82. The van der Waals surface area contributed by atoms with Crippen LogP contribution in [0.4, 0.5) is 0 Å². The molecule has 0 aromatic heterocycles. The molecule has 0 amide bonds. The Bertz CT molecular complexity index is 557. The summed E-state index contributed by atoms with van der Waals surface area (Å²) < 4.78 is 11.3. The molecular formula is C20H33N3O3. The molecular weight excluding hydrogens is 330 g/mol. The molecule has 1 aromatic carbocycles. The van der Waals surface area contributed by atoms with Gasteiger partial charge in [-0.2, -0.15) is 0 Å². The summed E-state index contributed by atoms with van der Waals surface area (Å²) in [7, 11) is 1.67. The molecule has 2 fully saturated rings. The van der Waals surface area contributed by atoms with Gasteiger partial charge >= 0.3 is 0 Å². The van der Waals surface area contributed by atoms with Crippen LogP contribution in [-0.2, 0) is 6.54 Å². The maximum Gasteiger partial charge on any atom is 0.161 e. The van der Waals surface area contributed by atoms with Crippen LogP contribution in [0.25, 0.3) is 0 Å². The Morgan fingerprint density at radius 3 is 2.35 bits per heavy atom. The number of β-amino-alcohol motifs (C(OH)–C–C–N with tert-alkyl or cyclic N) is 1. The van der Waals surface area contributed by atoms with Crippen molar-refractivity contribution in [2.45, 2.75) is 26.0 Å². The fraction of sp³-hybridized carbons (Fsp3) is 0.700. The van der Waals surface area contributed by atoms with Crippen LogP contribution in [0.5, 0.6) is 11.5 Å². The van der Waals surface area contributed by atoms with E-state index < -0.39 is 6.10 Å². The van der Waals surface area contributed by atoms with Crippen molar-refractivity contribution in [1.82, 2.24) is 14.7 Å². The second kappa shape index (κ2) is 9.55. The summed E-state index contributed by atoms with van der Waals surface area (Å²) in [5, 5.41) is 10.3. The summed E-state index contributed by atoms with van der Waals surface area (Å²) in [6, 6.07) is 6.09. The molecule has 26 heavy (non-hydrogen) atoms. The molecule has 2 saturated heterocycles. The Balaban J connectivity index is 1.45. The summed E-state index contributed by atoms with van der Waals surface area (Å²) in [6.07, 6.45) is 0.803. The Morgan fingerprint density at radius 1 is 1.00 bits per heavy atom. The molecule has 0 saturated carbocycles. The van der Waals surface area contributed by atoms with E-state index in [9.17, 15) is 5.11 Å². The van der Waals surface area contributed by atoms with E-state index in [1.54, 1.807) is 7.11 Å². The van der Waals surface area contributed by atoms with E-state index in [1.807, 2.05) is 12.1 Å². The van der Waals surface area contributed by atoms with E-state index in [-0.39, 0.29) is 6.61 Å². The lowest BCUT2D eigenvalue weighted by atomic mass is 10.1. The van der Waals surface area contributed by atoms with Crippen LogP contribution < -0.4 is 9.47 Å². The predicted molar refractivity (Wildman–Crippen MR) is 103 cm³/mol. The number of benzene rings is 1. The average molecular weight is 364 g/mol. The second-order valence-electron chi connectivity index (χ2n) is 7.31. The van der Waals surface area contributed by atoms with Gasteiger partial charge in [0.05, 0.1) is 7.11 Å². The number of methoxy groups -OCH3 is 1. The zero-order valence-corrected chi connectivity index (χ0v) is 16.2. The molecule has 1 aromatic rings. The molecule has 6 heteroatoms. The molecule has 6 nitrogen and oxygen atoms in total. The molecule has 146 valence electrons. The lowest BCUT2D eigenvalue weighted by Gasteiger charge is -2.34. The van der Waals surface area contributed by atoms with Gasteiger partial charge < -0.3 is 19.5 Å². The number of nitrogens with zero attached hydrogens (tertiary/aromatic N) is 3. The number of piperazine rings is 1. The maximum atomic E-state index is 10.3. The van der Waals surface area contributed by atoms with Gasteiger partial charge in [0.1, 0.15) is 12.7 Å². The van der Waals surface area contributed by atoms with Gasteiger partial charge in [0.15, 0.2) is 11.5 Å². The summed E-state index contributed by atoms with van der Waals surface area (Å²) in [6.45, 7) is 11.8. The van der Waals surface area contributed by atoms with Crippen molar-refractivity contribution in [1.29, 1.82) is 0 Å². The van der Waals surface area contributed by atoms with Gasteiger partial charge in [-0.1, -0.05) is 13.0 Å². The third kappa shape index (κ3) is 5.33. The number of likely N-dealkylation sites (tertiary alicyclic amines) is 1. The van der Waals surface area contributed by atoms with Crippen LogP contribution in [0.1, 0.15) is 18.9 Å². The van der Waals surface area contributed by atoms with Gasteiger partial charge in [-0.25, -0.2) is 0 Å². The van der Waals surface area contributed by atoms with E-state index in [2.05, 4.69) is 27.7 Å².